The van der Waals surface area contributed by atoms with Crippen molar-refractivity contribution in [2.75, 3.05) is 0 Å². The molecule has 2 aromatic rings. The van der Waals surface area contributed by atoms with Crippen molar-refractivity contribution in [2.24, 2.45) is 0 Å². The van der Waals surface area contributed by atoms with Crippen molar-refractivity contribution in [1.29, 1.82) is 0 Å². The zero-order valence-corrected chi connectivity index (χ0v) is 8.48. The first-order valence-corrected chi connectivity index (χ1v) is 5.02. The molecule has 0 aliphatic rings. The normalized spacial score (nSPS) is 12.6. The second-order valence-electron chi connectivity index (χ2n) is 4.04. The molecule has 0 bridgehead atoms. The van der Waals surface area contributed by atoms with Gasteiger partial charge in [0.1, 0.15) is 4.83 Å². The molecule has 0 atom stereocenters. The van der Waals surface area contributed by atoms with Gasteiger partial charge in [0.05, 0.1) is 0 Å². The van der Waals surface area contributed by atoms with Gasteiger partial charge in [-0.05, 0) is 38.3 Å². The molecule has 0 saturated carbocycles. The van der Waals surface area contributed by atoms with Crippen molar-refractivity contribution in [3.63, 3.8) is 0 Å². The first-order valence-electron chi connectivity index (χ1n) is 4.14. The fraction of sp³-hybridized carbons (Fsp3) is 0.400. The third-order valence-corrected chi connectivity index (χ3v) is 2.95. The van der Waals surface area contributed by atoms with Crippen LogP contribution in [0.2, 0.25) is 0 Å². The van der Waals surface area contributed by atoms with Crippen LogP contribution in [0.5, 0.6) is 0 Å². The van der Waals surface area contributed by atoms with E-state index in [0.717, 1.165) is 0 Å². The summed E-state index contributed by atoms with van der Waals surface area (Å²) in [6, 6.07) is 4.35. The monoisotopic (exact) mass is 179 g/mol. The van der Waals surface area contributed by atoms with Crippen molar-refractivity contribution in [2.45, 2.75) is 26.3 Å². The standard InChI is InChI=1S/C10H13NS/c1-10(2,3)11-6-4-8-5-7-12-9(8)11/h4-7H,1-3H3. The summed E-state index contributed by atoms with van der Waals surface area (Å²) in [6.07, 6.45) is 2.17. The summed E-state index contributed by atoms with van der Waals surface area (Å²) in [6.45, 7) is 6.68. The van der Waals surface area contributed by atoms with Gasteiger partial charge < -0.3 is 4.57 Å². The minimum absolute atomic E-state index is 0.201. The first kappa shape index (κ1) is 7.87. The van der Waals surface area contributed by atoms with E-state index in [1.54, 1.807) is 0 Å². The zero-order valence-electron chi connectivity index (χ0n) is 7.66. The number of rotatable bonds is 0. The second kappa shape index (κ2) is 2.36. The van der Waals surface area contributed by atoms with E-state index in [-0.39, 0.29) is 5.54 Å². The van der Waals surface area contributed by atoms with Crippen molar-refractivity contribution in [1.82, 2.24) is 4.57 Å². The van der Waals surface area contributed by atoms with Crippen LogP contribution in [0.15, 0.2) is 23.7 Å². The molecule has 0 aliphatic carbocycles. The molecular weight excluding hydrogens is 166 g/mol. The number of hydrogen-bond donors (Lipinski definition) is 0. The Kier molecular flexibility index (Phi) is 1.55. The van der Waals surface area contributed by atoms with Gasteiger partial charge >= 0.3 is 0 Å². The Morgan fingerprint density at radius 3 is 2.67 bits per heavy atom. The molecule has 0 unspecified atom stereocenters. The van der Waals surface area contributed by atoms with Crippen LogP contribution in [0.4, 0.5) is 0 Å². The quantitative estimate of drug-likeness (QED) is 0.583. The lowest BCUT2D eigenvalue weighted by atomic mass is 10.1. The van der Waals surface area contributed by atoms with Crippen LogP contribution in [-0.2, 0) is 5.54 Å². The predicted octanol–water partition coefficient (Wildman–Crippen LogP) is 3.46. The van der Waals surface area contributed by atoms with Gasteiger partial charge in [-0.1, -0.05) is 0 Å². The Balaban J connectivity index is 2.69. The summed E-state index contributed by atoms with van der Waals surface area (Å²) in [5, 5.41) is 3.50. The highest BCUT2D eigenvalue weighted by Gasteiger charge is 2.14. The predicted molar refractivity (Wildman–Crippen MR) is 54.8 cm³/mol. The molecule has 0 fully saturated rings. The van der Waals surface area contributed by atoms with Gasteiger partial charge in [-0.25, -0.2) is 0 Å². The average molecular weight is 179 g/mol. The molecule has 0 amide bonds. The molecule has 2 aromatic heterocycles. The van der Waals surface area contributed by atoms with E-state index in [0.29, 0.717) is 0 Å². The molecule has 12 heavy (non-hydrogen) atoms. The largest absolute Gasteiger partial charge is 0.334 e. The van der Waals surface area contributed by atoms with E-state index < -0.39 is 0 Å². The number of hydrogen-bond acceptors (Lipinski definition) is 1. The molecule has 0 aliphatic heterocycles. The Morgan fingerprint density at radius 1 is 1.25 bits per heavy atom. The summed E-state index contributed by atoms with van der Waals surface area (Å²) >= 11 is 1.81. The molecule has 0 saturated heterocycles. The lowest BCUT2D eigenvalue weighted by Crippen LogP contribution is -2.19. The van der Waals surface area contributed by atoms with Crippen molar-refractivity contribution >= 4 is 21.6 Å². The van der Waals surface area contributed by atoms with Gasteiger partial charge in [-0.15, -0.1) is 11.3 Å². The maximum atomic E-state index is 2.33. The Hall–Kier alpha value is -0.760. The second-order valence-corrected chi connectivity index (χ2v) is 4.93. The first-order chi connectivity index (χ1) is 5.59. The van der Waals surface area contributed by atoms with E-state index in [1.165, 1.54) is 10.2 Å². The van der Waals surface area contributed by atoms with Crippen LogP contribution in [0.25, 0.3) is 10.2 Å². The molecule has 2 heteroatoms. The molecule has 2 heterocycles. The van der Waals surface area contributed by atoms with Crippen molar-refractivity contribution in [3.8, 4) is 0 Å². The highest BCUT2D eigenvalue weighted by atomic mass is 32.1. The molecule has 0 spiro atoms. The summed E-state index contributed by atoms with van der Waals surface area (Å²) < 4.78 is 2.33. The van der Waals surface area contributed by atoms with Gasteiger partial charge in [-0.3, -0.25) is 0 Å². The SMILES string of the molecule is CC(C)(C)n1ccc2ccsc21. The number of aromatic nitrogens is 1. The Bertz CT molecular complexity index is 389. The minimum Gasteiger partial charge on any atom is -0.334 e. The van der Waals surface area contributed by atoms with Crippen LogP contribution < -0.4 is 0 Å². The van der Waals surface area contributed by atoms with Crippen LogP contribution in [0, 0.1) is 0 Å². The van der Waals surface area contributed by atoms with E-state index >= 15 is 0 Å². The molecule has 64 valence electrons. The van der Waals surface area contributed by atoms with E-state index in [1.807, 2.05) is 11.3 Å². The topological polar surface area (TPSA) is 4.93 Å². The van der Waals surface area contributed by atoms with Crippen LogP contribution in [-0.4, -0.2) is 4.57 Å². The lowest BCUT2D eigenvalue weighted by Gasteiger charge is -2.21. The highest BCUT2D eigenvalue weighted by molar-refractivity contribution is 7.16. The number of thiophene rings is 1. The maximum Gasteiger partial charge on any atom is 0.103 e. The van der Waals surface area contributed by atoms with Gasteiger partial charge in [0, 0.05) is 17.1 Å². The average Bonchev–Trinajstić information content (AvgIpc) is 2.37. The molecular formula is C10H13NS. The van der Waals surface area contributed by atoms with Crippen LogP contribution >= 0.6 is 11.3 Å². The maximum absolute atomic E-state index is 2.33. The Morgan fingerprint density at radius 2 is 2.00 bits per heavy atom. The zero-order chi connectivity index (χ0) is 8.77. The molecule has 0 N–H and O–H groups in total. The highest BCUT2D eigenvalue weighted by Crippen LogP contribution is 2.27. The van der Waals surface area contributed by atoms with Crippen LogP contribution in [0.3, 0.4) is 0 Å². The Labute approximate surface area is 76.6 Å². The number of fused-ring (bicyclic) bond motifs is 1. The molecule has 2 rings (SSSR count). The van der Waals surface area contributed by atoms with E-state index in [9.17, 15) is 0 Å². The molecule has 0 radical (unpaired) electrons. The van der Waals surface area contributed by atoms with E-state index in [2.05, 4.69) is 49.0 Å². The fourth-order valence-electron chi connectivity index (χ4n) is 1.38. The van der Waals surface area contributed by atoms with Gasteiger partial charge in [-0.2, -0.15) is 0 Å². The smallest absolute Gasteiger partial charge is 0.103 e. The van der Waals surface area contributed by atoms with Crippen molar-refractivity contribution < 1.29 is 0 Å². The van der Waals surface area contributed by atoms with E-state index in [4.69, 9.17) is 0 Å². The fourth-order valence-corrected chi connectivity index (χ4v) is 2.45. The summed E-state index contributed by atoms with van der Waals surface area (Å²) in [5.41, 5.74) is 0.201. The molecule has 0 aromatic carbocycles. The summed E-state index contributed by atoms with van der Waals surface area (Å²) in [5.74, 6) is 0. The van der Waals surface area contributed by atoms with Gasteiger partial charge in [0.15, 0.2) is 0 Å². The van der Waals surface area contributed by atoms with Crippen molar-refractivity contribution in [3.05, 3.63) is 23.7 Å². The number of nitrogens with zero attached hydrogens (tertiary/aromatic N) is 1. The molecule has 1 nitrogen and oxygen atoms in total. The minimum atomic E-state index is 0.201. The summed E-state index contributed by atoms with van der Waals surface area (Å²) in [4.78, 5) is 1.38. The summed E-state index contributed by atoms with van der Waals surface area (Å²) in [7, 11) is 0. The van der Waals surface area contributed by atoms with Gasteiger partial charge in [0.25, 0.3) is 0 Å². The van der Waals surface area contributed by atoms with Crippen LogP contribution in [0.1, 0.15) is 20.8 Å². The van der Waals surface area contributed by atoms with Gasteiger partial charge in [0.2, 0.25) is 0 Å². The third kappa shape index (κ3) is 1.07. The lowest BCUT2D eigenvalue weighted by molar-refractivity contribution is 0.412. The third-order valence-electron chi connectivity index (χ3n) is 2.02.